The van der Waals surface area contributed by atoms with E-state index in [2.05, 4.69) is 5.32 Å². The van der Waals surface area contributed by atoms with E-state index in [1.807, 2.05) is 0 Å². The van der Waals surface area contributed by atoms with Crippen molar-refractivity contribution in [2.24, 2.45) is 0 Å². The van der Waals surface area contributed by atoms with Gasteiger partial charge in [0.05, 0.1) is 7.11 Å². The van der Waals surface area contributed by atoms with E-state index in [0.717, 1.165) is 24.0 Å². The van der Waals surface area contributed by atoms with Crippen LogP contribution in [-0.4, -0.2) is 32.3 Å². The first-order chi connectivity index (χ1) is 14.2. The number of rotatable bonds is 9. The minimum Gasteiger partial charge on any atom is -0.493 e. The molecule has 1 fully saturated rings. The lowest BCUT2D eigenvalue weighted by atomic mass is 9.96. The lowest BCUT2D eigenvalue weighted by molar-refractivity contribution is -0.153. The molecule has 0 radical (unpaired) electrons. The van der Waals surface area contributed by atoms with Crippen LogP contribution in [0.25, 0.3) is 0 Å². The van der Waals surface area contributed by atoms with Gasteiger partial charge in [-0.25, -0.2) is 4.39 Å². The Kier molecular flexibility index (Phi) is 6.53. The van der Waals surface area contributed by atoms with Crippen molar-refractivity contribution in [3.8, 4) is 11.5 Å². The zero-order valence-electron chi connectivity index (χ0n) is 16.5. The van der Waals surface area contributed by atoms with Gasteiger partial charge >= 0.3 is 6.18 Å². The molecule has 3 rings (SSSR count). The fraction of sp³-hybridized carbons (Fsp3) is 0.409. The number of halogens is 4. The first-order valence-electron chi connectivity index (χ1n) is 9.60. The lowest BCUT2D eigenvalue weighted by Crippen LogP contribution is -2.32. The van der Waals surface area contributed by atoms with Gasteiger partial charge in [-0.1, -0.05) is 18.2 Å². The molecule has 1 saturated carbocycles. The summed E-state index contributed by atoms with van der Waals surface area (Å²) in [6, 6.07) is 10.9. The molecule has 1 N–H and O–H groups in total. The Bertz CT molecular complexity index is 877. The predicted molar refractivity (Wildman–Crippen MR) is 103 cm³/mol. The fourth-order valence-electron chi connectivity index (χ4n) is 3.28. The zero-order chi connectivity index (χ0) is 21.8. The van der Waals surface area contributed by atoms with E-state index in [4.69, 9.17) is 9.47 Å². The van der Waals surface area contributed by atoms with Crippen LogP contribution in [0.15, 0.2) is 42.5 Å². The molecule has 0 atom stereocenters. The molecule has 0 saturated heterocycles. The number of methoxy groups -OCH3 is 1. The molecule has 162 valence electrons. The number of benzene rings is 2. The molecule has 2 aromatic carbocycles. The van der Waals surface area contributed by atoms with Crippen molar-refractivity contribution in [3.63, 3.8) is 0 Å². The summed E-state index contributed by atoms with van der Waals surface area (Å²) in [6.45, 7) is -0.911. The number of amides is 1. The standard InChI is InChI=1S/C22H23F4NO3/c1-29-19-12-15(2-8-18(19)30-14-22(24,25)26)3-9-20(28)27-13-21(10-11-21)16-4-6-17(23)7-5-16/h2,4-8,12H,3,9-11,13-14H2,1H3,(H,27,28). The zero-order valence-corrected chi connectivity index (χ0v) is 16.5. The first-order valence-corrected chi connectivity index (χ1v) is 9.60. The maximum absolute atomic E-state index is 13.1. The Hall–Kier alpha value is -2.77. The normalized spacial score (nSPS) is 14.8. The van der Waals surface area contributed by atoms with E-state index in [0.29, 0.717) is 13.0 Å². The van der Waals surface area contributed by atoms with Crippen LogP contribution in [0.5, 0.6) is 11.5 Å². The summed E-state index contributed by atoms with van der Waals surface area (Å²) in [6.07, 6.45) is -1.92. The molecule has 0 bridgehead atoms. The third-order valence-corrected chi connectivity index (χ3v) is 5.19. The van der Waals surface area contributed by atoms with Gasteiger partial charge in [0.15, 0.2) is 18.1 Å². The number of hydrogen-bond donors (Lipinski definition) is 1. The Morgan fingerprint density at radius 3 is 2.40 bits per heavy atom. The second-order valence-electron chi connectivity index (χ2n) is 7.45. The molecule has 30 heavy (non-hydrogen) atoms. The summed E-state index contributed by atoms with van der Waals surface area (Å²) in [5, 5.41) is 2.93. The van der Waals surface area contributed by atoms with Crippen molar-refractivity contribution in [1.29, 1.82) is 0 Å². The molecule has 0 unspecified atom stereocenters. The smallest absolute Gasteiger partial charge is 0.422 e. The molecule has 8 heteroatoms. The van der Waals surface area contributed by atoms with E-state index >= 15 is 0 Å². The van der Waals surface area contributed by atoms with Gasteiger partial charge in [0.25, 0.3) is 0 Å². The van der Waals surface area contributed by atoms with Crippen LogP contribution in [0, 0.1) is 5.82 Å². The van der Waals surface area contributed by atoms with Crippen molar-refractivity contribution in [3.05, 3.63) is 59.4 Å². The molecular weight excluding hydrogens is 402 g/mol. The van der Waals surface area contributed by atoms with Gasteiger partial charge in [0.1, 0.15) is 5.82 Å². The van der Waals surface area contributed by atoms with Crippen molar-refractivity contribution < 1.29 is 31.8 Å². The van der Waals surface area contributed by atoms with Crippen molar-refractivity contribution in [2.45, 2.75) is 37.3 Å². The number of carbonyl (C=O) groups is 1. The van der Waals surface area contributed by atoms with Crippen LogP contribution in [0.2, 0.25) is 0 Å². The van der Waals surface area contributed by atoms with Gasteiger partial charge in [-0.3, -0.25) is 4.79 Å². The maximum atomic E-state index is 13.1. The number of aryl methyl sites for hydroxylation is 1. The third-order valence-electron chi connectivity index (χ3n) is 5.19. The number of nitrogens with one attached hydrogen (secondary N) is 1. The SMILES string of the molecule is COc1cc(CCC(=O)NCC2(c3ccc(F)cc3)CC2)ccc1OCC(F)(F)F. The van der Waals surface area contributed by atoms with E-state index in [1.54, 1.807) is 24.3 Å². The van der Waals surface area contributed by atoms with Crippen molar-refractivity contribution in [2.75, 3.05) is 20.3 Å². The van der Waals surface area contributed by atoms with Crippen LogP contribution in [0.3, 0.4) is 0 Å². The number of carbonyl (C=O) groups excluding carboxylic acids is 1. The van der Waals surface area contributed by atoms with Gasteiger partial charge in [0.2, 0.25) is 5.91 Å². The number of alkyl halides is 3. The molecule has 0 aromatic heterocycles. The van der Waals surface area contributed by atoms with Crippen molar-refractivity contribution in [1.82, 2.24) is 5.32 Å². The summed E-state index contributed by atoms with van der Waals surface area (Å²) in [5.41, 5.74) is 1.65. The molecule has 0 heterocycles. The Balaban J connectivity index is 1.50. The molecular formula is C22H23F4NO3. The third kappa shape index (κ3) is 5.87. The van der Waals surface area contributed by atoms with Crippen LogP contribution in [0.1, 0.15) is 30.4 Å². The highest BCUT2D eigenvalue weighted by molar-refractivity contribution is 5.76. The summed E-state index contributed by atoms with van der Waals surface area (Å²) in [5.74, 6) is -0.230. The predicted octanol–water partition coefficient (Wildman–Crippen LogP) is 4.56. The average Bonchev–Trinajstić information content (AvgIpc) is 3.50. The summed E-state index contributed by atoms with van der Waals surface area (Å²) < 4.78 is 59.9. The molecule has 0 aliphatic heterocycles. The monoisotopic (exact) mass is 425 g/mol. The van der Waals surface area contributed by atoms with Gasteiger partial charge in [-0.15, -0.1) is 0 Å². The summed E-state index contributed by atoms with van der Waals surface area (Å²) in [7, 11) is 1.34. The Morgan fingerprint density at radius 1 is 1.10 bits per heavy atom. The largest absolute Gasteiger partial charge is 0.493 e. The minimum absolute atomic E-state index is 0.00185. The van der Waals surface area contributed by atoms with E-state index in [-0.39, 0.29) is 35.1 Å². The highest BCUT2D eigenvalue weighted by Gasteiger charge is 2.44. The van der Waals surface area contributed by atoms with E-state index < -0.39 is 12.8 Å². The molecule has 0 spiro atoms. The summed E-state index contributed by atoms with van der Waals surface area (Å²) in [4.78, 5) is 12.3. The Morgan fingerprint density at radius 2 is 1.80 bits per heavy atom. The first kappa shape index (κ1) is 21.9. The lowest BCUT2D eigenvalue weighted by Gasteiger charge is -2.17. The second kappa shape index (κ2) is 8.93. The molecule has 1 amide bonds. The Labute approximate surface area is 172 Å². The number of hydrogen-bond acceptors (Lipinski definition) is 3. The van der Waals surface area contributed by atoms with Crippen LogP contribution < -0.4 is 14.8 Å². The topological polar surface area (TPSA) is 47.6 Å². The van der Waals surface area contributed by atoms with Gasteiger partial charge in [0, 0.05) is 18.4 Å². The minimum atomic E-state index is -4.44. The van der Waals surface area contributed by atoms with Gasteiger partial charge in [-0.05, 0) is 54.7 Å². The van der Waals surface area contributed by atoms with Crippen LogP contribution >= 0.6 is 0 Å². The molecule has 1 aliphatic rings. The van der Waals surface area contributed by atoms with E-state index in [1.165, 1.54) is 25.3 Å². The fourth-order valence-corrected chi connectivity index (χ4v) is 3.28. The molecule has 2 aromatic rings. The number of ether oxygens (including phenoxy) is 2. The summed E-state index contributed by atoms with van der Waals surface area (Å²) >= 11 is 0. The molecule has 4 nitrogen and oxygen atoms in total. The maximum Gasteiger partial charge on any atom is 0.422 e. The van der Waals surface area contributed by atoms with Crippen molar-refractivity contribution >= 4 is 5.91 Å². The average molecular weight is 425 g/mol. The van der Waals surface area contributed by atoms with E-state index in [9.17, 15) is 22.4 Å². The van der Waals surface area contributed by atoms with Crippen LogP contribution in [0.4, 0.5) is 17.6 Å². The van der Waals surface area contributed by atoms with Gasteiger partial charge < -0.3 is 14.8 Å². The quantitative estimate of drug-likeness (QED) is 0.600. The van der Waals surface area contributed by atoms with Crippen LogP contribution in [-0.2, 0) is 16.6 Å². The second-order valence-corrected chi connectivity index (χ2v) is 7.45. The molecule has 1 aliphatic carbocycles. The highest BCUT2D eigenvalue weighted by atomic mass is 19.4. The van der Waals surface area contributed by atoms with Gasteiger partial charge in [-0.2, -0.15) is 13.2 Å². The highest BCUT2D eigenvalue weighted by Crippen LogP contribution is 2.47.